The molecule has 0 aliphatic rings. The molecule has 1 rings (SSSR count). The molecule has 0 fully saturated rings. The Bertz CT molecular complexity index is 580. The van der Waals surface area contributed by atoms with Crippen LogP contribution in [0.4, 0.5) is 0 Å². The highest BCUT2D eigenvalue weighted by Crippen LogP contribution is 2.09. The smallest absolute Gasteiger partial charge is 0.251 e. The topological polar surface area (TPSA) is 78.4 Å². The Morgan fingerprint density at radius 3 is 2.35 bits per heavy atom. The van der Waals surface area contributed by atoms with Crippen LogP contribution in [-0.2, 0) is 4.79 Å². The fourth-order valence-corrected chi connectivity index (χ4v) is 2.01. The van der Waals surface area contributed by atoms with Crippen molar-refractivity contribution in [3.8, 4) is 0 Å². The molecule has 2 amide bonds. The van der Waals surface area contributed by atoms with Crippen LogP contribution >= 0.6 is 0 Å². The Morgan fingerprint density at radius 2 is 1.74 bits per heavy atom. The molecular formula is C18H26N2O3. The summed E-state index contributed by atoms with van der Waals surface area (Å²) in [4.78, 5) is 23.6. The molecule has 0 heterocycles. The number of amides is 2. The van der Waals surface area contributed by atoms with Gasteiger partial charge in [0.15, 0.2) is 0 Å². The third-order valence-electron chi connectivity index (χ3n) is 3.70. The van der Waals surface area contributed by atoms with Crippen LogP contribution in [0.25, 0.3) is 0 Å². The molecule has 0 saturated heterocycles. The van der Waals surface area contributed by atoms with E-state index in [9.17, 15) is 9.59 Å². The molecule has 0 saturated carbocycles. The van der Waals surface area contributed by atoms with E-state index in [0.29, 0.717) is 24.2 Å². The van der Waals surface area contributed by atoms with Crippen molar-refractivity contribution in [2.75, 3.05) is 19.7 Å². The molecule has 23 heavy (non-hydrogen) atoms. The van der Waals surface area contributed by atoms with E-state index < -0.39 is 0 Å². The van der Waals surface area contributed by atoms with Crippen LogP contribution < -0.4 is 10.6 Å². The number of carbonyl (C=O) groups is 2. The van der Waals surface area contributed by atoms with Gasteiger partial charge in [-0.25, -0.2) is 0 Å². The van der Waals surface area contributed by atoms with E-state index in [-0.39, 0.29) is 18.4 Å². The second-order valence-corrected chi connectivity index (χ2v) is 5.59. The molecule has 1 aromatic carbocycles. The van der Waals surface area contributed by atoms with Crippen molar-refractivity contribution < 1.29 is 14.7 Å². The Kier molecular flexibility index (Phi) is 8.05. The van der Waals surface area contributed by atoms with Gasteiger partial charge in [0.05, 0.1) is 6.61 Å². The summed E-state index contributed by atoms with van der Waals surface area (Å²) in [5.74, 6) is -0.239. The van der Waals surface area contributed by atoms with Gasteiger partial charge in [0.2, 0.25) is 5.91 Å². The van der Waals surface area contributed by atoms with Gasteiger partial charge in [-0.05, 0) is 56.9 Å². The number of aliphatic hydroxyl groups is 1. The molecule has 0 aliphatic carbocycles. The number of hydrogen-bond acceptors (Lipinski definition) is 3. The fraction of sp³-hybridized carbons (Fsp3) is 0.444. The average Bonchev–Trinajstić information content (AvgIpc) is 2.53. The number of benzene rings is 1. The molecule has 0 bridgehead atoms. The Morgan fingerprint density at radius 1 is 1.09 bits per heavy atom. The molecular weight excluding hydrogens is 292 g/mol. The van der Waals surface area contributed by atoms with Crippen LogP contribution in [0.2, 0.25) is 0 Å². The van der Waals surface area contributed by atoms with Gasteiger partial charge in [0, 0.05) is 24.2 Å². The maximum atomic E-state index is 12.0. The SMILES string of the molecule is C/C(=C\CO)C(=O)NCCCCNC(=O)c1ccc(C)c(C)c1. The summed E-state index contributed by atoms with van der Waals surface area (Å²) in [6.07, 6.45) is 3.05. The average molecular weight is 318 g/mol. The zero-order chi connectivity index (χ0) is 17.2. The van der Waals surface area contributed by atoms with Crippen LogP contribution in [0.1, 0.15) is 41.3 Å². The first-order valence-corrected chi connectivity index (χ1v) is 7.87. The third-order valence-corrected chi connectivity index (χ3v) is 3.70. The molecule has 0 aliphatic heterocycles. The molecule has 0 aromatic heterocycles. The normalized spacial score (nSPS) is 11.2. The Balaban J connectivity index is 2.22. The zero-order valence-electron chi connectivity index (χ0n) is 14.1. The van der Waals surface area contributed by atoms with Gasteiger partial charge in [0.1, 0.15) is 0 Å². The minimum absolute atomic E-state index is 0.0705. The van der Waals surface area contributed by atoms with Crippen LogP contribution in [-0.4, -0.2) is 36.6 Å². The lowest BCUT2D eigenvalue weighted by atomic mass is 10.1. The molecule has 126 valence electrons. The van der Waals surface area contributed by atoms with E-state index in [1.54, 1.807) is 6.92 Å². The number of nitrogens with one attached hydrogen (secondary N) is 2. The van der Waals surface area contributed by atoms with E-state index in [2.05, 4.69) is 10.6 Å². The maximum Gasteiger partial charge on any atom is 0.251 e. The predicted octanol–water partition coefficient (Wildman–Crippen LogP) is 1.87. The summed E-state index contributed by atoms with van der Waals surface area (Å²) in [6, 6.07) is 5.66. The minimum atomic E-state index is -0.168. The van der Waals surface area contributed by atoms with Gasteiger partial charge >= 0.3 is 0 Å². The highest BCUT2D eigenvalue weighted by Gasteiger charge is 2.06. The Labute approximate surface area is 137 Å². The Hall–Kier alpha value is -2.14. The lowest BCUT2D eigenvalue weighted by molar-refractivity contribution is -0.117. The predicted molar refractivity (Wildman–Crippen MR) is 91.3 cm³/mol. The molecule has 0 unspecified atom stereocenters. The lowest BCUT2D eigenvalue weighted by Gasteiger charge is -2.08. The molecule has 5 heteroatoms. The highest BCUT2D eigenvalue weighted by molar-refractivity contribution is 5.94. The molecule has 1 aromatic rings. The number of rotatable bonds is 8. The van der Waals surface area contributed by atoms with Crippen molar-refractivity contribution in [1.82, 2.24) is 10.6 Å². The first kappa shape index (κ1) is 18.9. The van der Waals surface area contributed by atoms with Crippen molar-refractivity contribution in [3.63, 3.8) is 0 Å². The minimum Gasteiger partial charge on any atom is -0.392 e. The monoisotopic (exact) mass is 318 g/mol. The third kappa shape index (κ3) is 6.65. The standard InChI is InChI=1S/C18H26N2O3/c1-13-6-7-16(12-15(13)3)18(23)20-10-5-4-9-19-17(22)14(2)8-11-21/h6-8,12,21H,4-5,9-11H2,1-3H3,(H,19,22)(H,20,23)/b14-8+. The number of unbranched alkanes of at least 4 members (excludes halogenated alkanes) is 1. The van der Waals surface area contributed by atoms with Crippen LogP contribution in [0.3, 0.4) is 0 Å². The van der Waals surface area contributed by atoms with E-state index in [1.165, 1.54) is 11.6 Å². The van der Waals surface area contributed by atoms with Crippen molar-refractivity contribution in [2.45, 2.75) is 33.6 Å². The quantitative estimate of drug-likeness (QED) is 0.506. The van der Waals surface area contributed by atoms with Crippen LogP contribution in [0, 0.1) is 13.8 Å². The van der Waals surface area contributed by atoms with Gasteiger partial charge in [0.25, 0.3) is 5.91 Å². The summed E-state index contributed by atoms with van der Waals surface area (Å²) in [7, 11) is 0. The second-order valence-electron chi connectivity index (χ2n) is 5.59. The molecule has 0 atom stereocenters. The zero-order valence-corrected chi connectivity index (χ0v) is 14.1. The lowest BCUT2D eigenvalue weighted by Crippen LogP contribution is -2.27. The van der Waals surface area contributed by atoms with Gasteiger partial charge in [-0.2, -0.15) is 0 Å². The van der Waals surface area contributed by atoms with Gasteiger partial charge < -0.3 is 15.7 Å². The van der Waals surface area contributed by atoms with E-state index in [0.717, 1.165) is 18.4 Å². The van der Waals surface area contributed by atoms with E-state index in [1.807, 2.05) is 32.0 Å². The highest BCUT2D eigenvalue weighted by atomic mass is 16.2. The second kappa shape index (κ2) is 9.79. The number of aryl methyl sites for hydroxylation is 2. The first-order chi connectivity index (χ1) is 11.0. The number of aliphatic hydroxyl groups excluding tert-OH is 1. The summed E-state index contributed by atoms with van der Waals surface area (Å²) in [5.41, 5.74) is 3.45. The molecule has 0 spiro atoms. The summed E-state index contributed by atoms with van der Waals surface area (Å²) in [5, 5.41) is 14.4. The fourth-order valence-electron chi connectivity index (χ4n) is 2.01. The van der Waals surface area contributed by atoms with E-state index in [4.69, 9.17) is 5.11 Å². The molecule has 0 radical (unpaired) electrons. The number of hydrogen-bond donors (Lipinski definition) is 3. The number of carbonyl (C=O) groups excluding carboxylic acids is 2. The van der Waals surface area contributed by atoms with Crippen LogP contribution in [0.15, 0.2) is 29.8 Å². The van der Waals surface area contributed by atoms with Gasteiger partial charge in [-0.1, -0.05) is 12.1 Å². The van der Waals surface area contributed by atoms with Crippen molar-refractivity contribution >= 4 is 11.8 Å². The van der Waals surface area contributed by atoms with Crippen molar-refractivity contribution in [1.29, 1.82) is 0 Å². The first-order valence-electron chi connectivity index (χ1n) is 7.87. The van der Waals surface area contributed by atoms with Crippen LogP contribution in [0.5, 0.6) is 0 Å². The summed E-state index contributed by atoms with van der Waals surface area (Å²) >= 11 is 0. The summed E-state index contributed by atoms with van der Waals surface area (Å²) in [6.45, 7) is 6.66. The van der Waals surface area contributed by atoms with Crippen molar-refractivity contribution in [3.05, 3.63) is 46.5 Å². The van der Waals surface area contributed by atoms with Gasteiger partial charge in [-0.3, -0.25) is 9.59 Å². The van der Waals surface area contributed by atoms with E-state index >= 15 is 0 Å². The summed E-state index contributed by atoms with van der Waals surface area (Å²) < 4.78 is 0. The largest absolute Gasteiger partial charge is 0.392 e. The maximum absolute atomic E-state index is 12.0. The molecule has 3 N–H and O–H groups in total. The van der Waals surface area contributed by atoms with Crippen molar-refractivity contribution in [2.24, 2.45) is 0 Å². The van der Waals surface area contributed by atoms with Gasteiger partial charge in [-0.15, -0.1) is 0 Å². The molecule has 5 nitrogen and oxygen atoms in total.